The van der Waals surface area contributed by atoms with Crippen LogP contribution in [0.5, 0.6) is 0 Å². The minimum Gasteiger partial charge on any atom is -0.387 e. The average Bonchev–Trinajstić information content (AvgIpc) is 2.71. The van der Waals surface area contributed by atoms with Gasteiger partial charge in [-0.15, -0.1) is 0 Å². The maximum Gasteiger partial charge on any atom is 0.0971 e. The van der Waals surface area contributed by atoms with Crippen LogP contribution in [0.3, 0.4) is 0 Å². The molecule has 2 fully saturated rings. The molecule has 0 aromatic carbocycles. The van der Waals surface area contributed by atoms with Crippen molar-refractivity contribution in [1.29, 1.82) is 5.26 Å². The van der Waals surface area contributed by atoms with E-state index in [1.54, 1.807) is 0 Å². The molecule has 1 unspecified atom stereocenters. The van der Waals surface area contributed by atoms with E-state index in [1.165, 1.54) is 6.42 Å². The van der Waals surface area contributed by atoms with Gasteiger partial charge < -0.3 is 10.0 Å². The van der Waals surface area contributed by atoms with Crippen molar-refractivity contribution in [3.05, 3.63) is 0 Å². The van der Waals surface area contributed by atoms with Crippen molar-refractivity contribution in [3.8, 4) is 6.07 Å². The maximum atomic E-state index is 10.8. The van der Waals surface area contributed by atoms with E-state index in [-0.39, 0.29) is 0 Å². The second-order valence-electron chi connectivity index (χ2n) is 6.06. The Morgan fingerprint density at radius 2 is 2.00 bits per heavy atom. The summed E-state index contributed by atoms with van der Waals surface area (Å²) in [6.45, 7) is 3.80. The van der Waals surface area contributed by atoms with Gasteiger partial charge in [-0.25, -0.2) is 0 Å². The van der Waals surface area contributed by atoms with Gasteiger partial charge in [0.05, 0.1) is 17.1 Å². The Morgan fingerprint density at radius 3 is 2.41 bits per heavy atom. The van der Waals surface area contributed by atoms with Crippen molar-refractivity contribution in [2.24, 2.45) is 11.3 Å². The third-order valence-corrected chi connectivity index (χ3v) is 5.08. The molecule has 1 N–H and O–H groups in total. The minimum absolute atomic E-state index is 0.483. The average molecular weight is 236 g/mol. The Labute approximate surface area is 104 Å². The fourth-order valence-electron chi connectivity index (χ4n) is 3.63. The topological polar surface area (TPSA) is 47.3 Å². The molecule has 1 heterocycles. The van der Waals surface area contributed by atoms with Crippen LogP contribution in [-0.4, -0.2) is 35.7 Å². The van der Waals surface area contributed by atoms with Crippen molar-refractivity contribution >= 4 is 0 Å². The number of rotatable bonds is 2. The second-order valence-corrected chi connectivity index (χ2v) is 6.06. The summed E-state index contributed by atoms with van der Waals surface area (Å²) in [6, 6.07) is 2.49. The lowest BCUT2D eigenvalue weighted by molar-refractivity contribution is -0.0679. The van der Waals surface area contributed by atoms with E-state index in [0.717, 1.165) is 44.6 Å². The van der Waals surface area contributed by atoms with Gasteiger partial charge in [0, 0.05) is 13.1 Å². The third-order valence-electron chi connectivity index (χ3n) is 5.08. The lowest BCUT2D eigenvalue weighted by Crippen LogP contribution is -2.51. The highest BCUT2D eigenvalue weighted by molar-refractivity contribution is 5.15. The van der Waals surface area contributed by atoms with Gasteiger partial charge in [-0.05, 0) is 45.1 Å². The van der Waals surface area contributed by atoms with E-state index in [1.807, 2.05) is 7.05 Å². The summed E-state index contributed by atoms with van der Waals surface area (Å²) in [5.41, 5.74) is -1.25. The van der Waals surface area contributed by atoms with Crippen LogP contribution in [0.1, 0.15) is 45.4 Å². The Bertz CT molecular complexity index is 315. The van der Waals surface area contributed by atoms with E-state index in [4.69, 9.17) is 0 Å². The highest BCUT2D eigenvalue weighted by Gasteiger charge is 2.54. The Morgan fingerprint density at radius 1 is 1.35 bits per heavy atom. The zero-order valence-corrected chi connectivity index (χ0v) is 11.1. The molecule has 1 atom stereocenters. The number of aliphatic hydroxyl groups is 1. The minimum atomic E-state index is -0.769. The first kappa shape index (κ1) is 12.9. The maximum absolute atomic E-state index is 10.8. The number of nitrogens with zero attached hydrogens (tertiary/aromatic N) is 2. The Balaban J connectivity index is 2.14. The van der Waals surface area contributed by atoms with Crippen molar-refractivity contribution < 1.29 is 5.11 Å². The predicted molar refractivity (Wildman–Crippen MR) is 67.4 cm³/mol. The van der Waals surface area contributed by atoms with E-state index in [2.05, 4.69) is 17.9 Å². The van der Waals surface area contributed by atoms with Crippen LogP contribution in [-0.2, 0) is 0 Å². The van der Waals surface area contributed by atoms with Crippen molar-refractivity contribution in [2.45, 2.75) is 51.0 Å². The Kier molecular flexibility index (Phi) is 3.47. The van der Waals surface area contributed by atoms with Gasteiger partial charge >= 0.3 is 0 Å². The molecule has 1 saturated heterocycles. The first-order valence-electron chi connectivity index (χ1n) is 6.87. The molecule has 3 heteroatoms. The van der Waals surface area contributed by atoms with Gasteiger partial charge in [-0.3, -0.25) is 0 Å². The highest BCUT2D eigenvalue weighted by atomic mass is 16.3. The first-order valence-corrected chi connectivity index (χ1v) is 6.87. The third kappa shape index (κ3) is 2.09. The molecule has 0 spiro atoms. The number of β-amino-alcohol motifs (C(OH)–C–C–N with tert-alkyl or cyclic N) is 1. The summed E-state index contributed by atoms with van der Waals surface area (Å²) in [4.78, 5) is 2.14. The first-order chi connectivity index (χ1) is 8.05. The van der Waals surface area contributed by atoms with Crippen LogP contribution in [0, 0.1) is 22.7 Å². The molecular weight excluding hydrogens is 212 g/mol. The van der Waals surface area contributed by atoms with Gasteiger partial charge in [0.25, 0.3) is 0 Å². The predicted octanol–water partition coefficient (Wildman–Crippen LogP) is 2.16. The normalized spacial score (nSPS) is 43.5. The molecule has 1 aliphatic heterocycles. The molecule has 0 aromatic rings. The lowest BCUT2D eigenvalue weighted by atomic mass is 9.61. The van der Waals surface area contributed by atoms with E-state index in [9.17, 15) is 10.4 Å². The van der Waals surface area contributed by atoms with Gasteiger partial charge in [0.2, 0.25) is 0 Å². The van der Waals surface area contributed by atoms with E-state index in [0.29, 0.717) is 6.54 Å². The van der Waals surface area contributed by atoms with Crippen LogP contribution in [0.25, 0.3) is 0 Å². The largest absolute Gasteiger partial charge is 0.387 e. The molecule has 1 saturated carbocycles. The summed E-state index contributed by atoms with van der Waals surface area (Å²) in [5, 5.41) is 20.4. The highest BCUT2D eigenvalue weighted by Crippen LogP contribution is 2.49. The van der Waals surface area contributed by atoms with Crippen LogP contribution in [0.15, 0.2) is 0 Å². The van der Waals surface area contributed by atoms with Crippen molar-refractivity contribution in [2.75, 3.05) is 20.1 Å². The van der Waals surface area contributed by atoms with Crippen LogP contribution >= 0.6 is 0 Å². The van der Waals surface area contributed by atoms with E-state index < -0.39 is 11.0 Å². The summed E-state index contributed by atoms with van der Waals surface area (Å²) < 4.78 is 0. The fourth-order valence-corrected chi connectivity index (χ4v) is 3.63. The molecular formula is C14H24N2O. The molecule has 1 aliphatic carbocycles. The lowest BCUT2D eigenvalue weighted by Gasteiger charge is -2.44. The van der Waals surface area contributed by atoms with E-state index >= 15 is 0 Å². The fraction of sp³-hybridized carbons (Fsp3) is 0.929. The van der Waals surface area contributed by atoms with Crippen LogP contribution in [0.2, 0.25) is 0 Å². The molecule has 96 valence electrons. The van der Waals surface area contributed by atoms with Crippen molar-refractivity contribution in [3.63, 3.8) is 0 Å². The smallest absolute Gasteiger partial charge is 0.0971 e. The summed E-state index contributed by atoms with van der Waals surface area (Å²) in [7, 11) is 2.03. The standard InChI is InChI=1S/C14H24N2O/c1-3-12-4-6-13(10-15,7-5-12)14(17)8-9-16(2)11-14/h12,17H,3-9,11H2,1-2H3. The molecule has 0 aromatic heterocycles. The monoisotopic (exact) mass is 236 g/mol. The number of likely N-dealkylation sites (N-methyl/N-ethyl adjacent to an activating group) is 1. The molecule has 0 bridgehead atoms. The van der Waals surface area contributed by atoms with Crippen LogP contribution in [0.4, 0.5) is 0 Å². The van der Waals surface area contributed by atoms with Gasteiger partial charge in [0.15, 0.2) is 0 Å². The molecule has 0 amide bonds. The van der Waals surface area contributed by atoms with Crippen LogP contribution < -0.4 is 0 Å². The zero-order chi connectivity index (χ0) is 12.5. The molecule has 3 nitrogen and oxygen atoms in total. The number of nitriles is 1. The van der Waals surface area contributed by atoms with Crippen molar-refractivity contribution in [1.82, 2.24) is 4.90 Å². The number of likely N-dealkylation sites (tertiary alicyclic amines) is 1. The summed E-state index contributed by atoms with van der Waals surface area (Å²) >= 11 is 0. The SMILES string of the molecule is CCC1CCC(C#N)(C2(O)CCN(C)C2)CC1. The number of hydrogen-bond donors (Lipinski definition) is 1. The summed E-state index contributed by atoms with van der Waals surface area (Å²) in [6.07, 6.45) is 5.94. The number of hydrogen-bond acceptors (Lipinski definition) is 3. The Hall–Kier alpha value is -0.590. The van der Waals surface area contributed by atoms with Gasteiger partial charge in [-0.1, -0.05) is 13.3 Å². The zero-order valence-electron chi connectivity index (χ0n) is 11.1. The molecule has 17 heavy (non-hydrogen) atoms. The second kappa shape index (κ2) is 4.59. The molecule has 2 aliphatic rings. The molecule has 2 rings (SSSR count). The van der Waals surface area contributed by atoms with Gasteiger partial charge in [-0.2, -0.15) is 5.26 Å². The quantitative estimate of drug-likeness (QED) is 0.799. The van der Waals surface area contributed by atoms with Gasteiger partial charge in [0.1, 0.15) is 0 Å². The molecule has 0 radical (unpaired) electrons. The summed E-state index contributed by atoms with van der Waals surface area (Å²) in [5.74, 6) is 0.763.